The number of ketones is 1. The minimum Gasteiger partial charge on any atom is -0.383 e. The fourth-order valence-corrected chi connectivity index (χ4v) is 4.84. The van der Waals surface area contributed by atoms with Crippen molar-refractivity contribution in [2.75, 3.05) is 10.6 Å². The van der Waals surface area contributed by atoms with Gasteiger partial charge in [-0.15, -0.1) is 0 Å². The summed E-state index contributed by atoms with van der Waals surface area (Å²) in [5, 5.41) is 15.1. The molecule has 216 valence electrons. The van der Waals surface area contributed by atoms with Crippen LogP contribution in [0.4, 0.5) is 37.7 Å². The first-order valence-electron chi connectivity index (χ1n) is 13.1. The van der Waals surface area contributed by atoms with E-state index in [-0.39, 0.29) is 36.3 Å². The Morgan fingerprint density at radius 1 is 0.947 bits per heavy atom. The second-order valence-corrected chi connectivity index (χ2v) is 10.6. The number of Topliss-reactive ketones (excluding diaryl/α,β-unsaturated/α-hetero) is 1. The number of alkyl halides is 6. The number of halogens is 6. The third-order valence-corrected chi connectivity index (χ3v) is 8.14. The lowest BCUT2D eigenvalue weighted by molar-refractivity contribution is -0.376. The van der Waals surface area contributed by atoms with E-state index in [0.29, 0.717) is 38.2 Å². The molecule has 3 N–H and O–H groups in total. The number of hydrogen-bond acceptors (Lipinski definition) is 4. The minimum atomic E-state index is -6.11. The van der Waals surface area contributed by atoms with Crippen LogP contribution in [0, 0.1) is 17.3 Å². The van der Waals surface area contributed by atoms with Crippen molar-refractivity contribution in [3.05, 3.63) is 23.8 Å². The second kappa shape index (κ2) is 11.8. The maximum atomic E-state index is 13.8. The Labute approximate surface area is 219 Å². The van der Waals surface area contributed by atoms with Crippen LogP contribution in [-0.4, -0.2) is 35.2 Å². The molecule has 0 spiro atoms. The Hall–Kier alpha value is -2.30. The zero-order valence-electron chi connectivity index (χ0n) is 22.4. The molecule has 1 fully saturated rings. The summed E-state index contributed by atoms with van der Waals surface area (Å²) in [6.45, 7) is 9.25. The van der Waals surface area contributed by atoms with Gasteiger partial charge in [0.1, 0.15) is 5.78 Å². The molecule has 1 aliphatic rings. The number of benzene rings is 1. The van der Waals surface area contributed by atoms with Gasteiger partial charge in [-0.3, -0.25) is 9.59 Å². The molecule has 0 aliphatic heterocycles. The monoisotopic (exact) mass is 552 g/mol. The number of amides is 1. The smallest absolute Gasteiger partial charge is 0.383 e. The van der Waals surface area contributed by atoms with E-state index in [1.165, 1.54) is 6.07 Å². The summed E-state index contributed by atoms with van der Waals surface area (Å²) < 4.78 is 82.5. The van der Waals surface area contributed by atoms with Gasteiger partial charge in [0.2, 0.25) is 5.91 Å². The molecule has 0 heterocycles. The molecule has 38 heavy (non-hydrogen) atoms. The second-order valence-electron chi connectivity index (χ2n) is 10.6. The van der Waals surface area contributed by atoms with E-state index in [4.69, 9.17) is 0 Å². The number of rotatable bonds is 10. The Bertz CT molecular complexity index is 966. The summed E-state index contributed by atoms with van der Waals surface area (Å²) in [6, 6.07) is 2.50. The van der Waals surface area contributed by atoms with Gasteiger partial charge in [0.05, 0.1) is 0 Å². The normalized spacial score (nSPS) is 20.1. The van der Waals surface area contributed by atoms with Crippen molar-refractivity contribution in [3.8, 4) is 0 Å². The van der Waals surface area contributed by atoms with Crippen molar-refractivity contribution in [1.82, 2.24) is 0 Å². The quantitative estimate of drug-likeness (QED) is 0.265. The van der Waals surface area contributed by atoms with E-state index in [1.54, 1.807) is 13.8 Å². The van der Waals surface area contributed by atoms with Gasteiger partial charge in [-0.2, -0.15) is 26.3 Å². The highest BCUT2D eigenvalue weighted by Gasteiger charge is 2.72. The van der Waals surface area contributed by atoms with Crippen molar-refractivity contribution >= 4 is 23.1 Å². The first kappa shape index (κ1) is 31.9. The summed E-state index contributed by atoms with van der Waals surface area (Å²) in [4.78, 5) is 26.0. The molecule has 5 nitrogen and oxygen atoms in total. The van der Waals surface area contributed by atoms with E-state index in [9.17, 15) is 41.0 Å². The standard InChI is InChI=1S/C27H38F6N2O3/c1-6-16(4)34-19-13-14-21(20(15-19)25(38,26(28,29)30)27(31,32)33)35-23(37)18-11-9-17(10-12-18)22(36)24(5,7-2)8-3/h13-18,34,38H,6-12H2,1-5H3,(H,35,37). The number of anilines is 2. The average molecular weight is 553 g/mol. The van der Waals surface area contributed by atoms with Crippen LogP contribution in [0.1, 0.15) is 85.1 Å². The zero-order valence-corrected chi connectivity index (χ0v) is 22.4. The largest absolute Gasteiger partial charge is 0.430 e. The minimum absolute atomic E-state index is 0.0619. The summed E-state index contributed by atoms with van der Waals surface area (Å²) >= 11 is 0. The molecule has 0 bridgehead atoms. The fourth-order valence-electron chi connectivity index (χ4n) is 4.84. The molecule has 0 radical (unpaired) electrons. The molecule has 1 amide bonds. The highest BCUT2D eigenvalue weighted by molar-refractivity contribution is 5.94. The van der Waals surface area contributed by atoms with Gasteiger partial charge in [0.15, 0.2) is 0 Å². The van der Waals surface area contributed by atoms with E-state index in [1.807, 2.05) is 20.8 Å². The van der Waals surface area contributed by atoms with Gasteiger partial charge in [-0.1, -0.05) is 27.7 Å². The van der Waals surface area contributed by atoms with Crippen LogP contribution < -0.4 is 10.6 Å². The Balaban J connectivity index is 2.35. The van der Waals surface area contributed by atoms with Gasteiger partial charge in [0.25, 0.3) is 5.60 Å². The summed E-state index contributed by atoms with van der Waals surface area (Å²) in [7, 11) is 0. The topological polar surface area (TPSA) is 78.4 Å². The van der Waals surface area contributed by atoms with Crippen molar-refractivity contribution in [3.63, 3.8) is 0 Å². The van der Waals surface area contributed by atoms with Gasteiger partial charge >= 0.3 is 12.4 Å². The van der Waals surface area contributed by atoms with E-state index >= 15 is 0 Å². The van der Waals surface area contributed by atoms with Crippen molar-refractivity contribution in [2.45, 2.75) is 104 Å². The van der Waals surface area contributed by atoms with Crippen LogP contribution in [0.2, 0.25) is 0 Å². The van der Waals surface area contributed by atoms with Crippen LogP contribution in [-0.2, 0) is 15.2 Å². The van der Waals surface area contributed by atoms with E-state index in [0.717, 1.165) is 6.07 Å². The van der Waals surface area contributed by atoms with Gasteiger partial charge in [-0.05, 0) is 70.1 Å². The van der Waals surface area contributed by atoms with E-state index in [2.05, 4.69) is 10.6 Å². The summed E-state index contributed by atoms with van der Waals surface area (Å²) in [6.07, 6.45) is -8.96. The van der Waals surface area contributed by atoms with Crippen LogP contribution in [0.25, 0.3) is 0 Å². The molecular weight excluding hydrogens is 514 g/mol. The fraction of sp³-hybridized carbons (Fsp3) is 0.704. The molecule has 1 aliphatic carbocycles. The number of nitrogens with one attached hydrogen (secondary N) is 2. The van der Waals surface area contributed by atoms with Crippen molar-refractivity contribution < 1.29 is 41.0 Å². The predicted octanol–water partition coefficient (Wildman–Crippen LogP) is 7.35. The number of carbonyl (C=O) groups is 2. The first-order chi connectivity index (χ1) is 17.4. The van der Waals surface area contributed by atoms with Crippen LogP contribution in [0.15, 0.2) is 18.2 Å². The third-order valence-electron chi connectivity index (χ3n) is 8.14. The van der Waals surface area contributed by atoms with Crippen molar-refractivity contribution in [1.29, 1.82) is 0 Å². The summed E-state index contributed by atoms with van der Waals surface area (Å²) in [5.41, 5.74) is -8.02. The molecule has 1 unspecified atom stereocenters. The zero-order chi connectivity index (χ0) is 29.1. The third kappa shape index (κ3) is 6.46. The van der Waals surface area contributed by atoms with Crippen molar-refractivity contribution in [2.24, 2.45) is 17.3 Å². The van der Waals surface area contributed by atoms with E-state index < -0.39 is 46.4 Å². The Kier molecular flexibility index (Phi) is 9.94. The maximum Gasteiger partial charge on any atom is 0.430 e. The first-order valence-corrected chi connectivity index (χ1v) is 13.1. The molecule has 0 saturated heterocycles. The number of carbonyl (C=O) groups excluding carboxylic acids is 2. The van der Waals surface area contributed by atoms with Crippen LogP contribution in [0.5, 0.6) is 0 Å². The molecule has 11 heteroatoms. The molecular formula is C27H38F6N2O3. The van der Waals surface area contributed by atoms with Gasteiger partial charge in [0, 0.05) is 40.2 Å². The lowest BCUT2D eigenvalue weighted by atomic mass is 9.70. The lowest BCUT2D eigenvalue weighted by Gasteiger charge is -2.35. The molecule has 1 aromatic rings. The Morgan fingerprint density at radius 3 is 1.89 bits per heavy atom. The molecule has 2 rings (SSSR count). The highest BCUT2D eigenvalue weighted by Crippen LogP contribution is 2.52. The summed E-state index contributed by atoms with van der Waals surface area (Å²) in [5.74, 6) is -1.57. The Morgan fingerprint density at radius 2 is 1.45 bits per heavy atom. The lowest BCUT2D eigenvalue weighted by Crippen LogP contribution is -2.54. The molecule has 0 aromatic heterocycles. The maximum absolute atomic E-state index is 13.8. The van der Waals surface area contributed by atoms with Gasteiger partial charge in [-0.25, -0.2) is 0 Å². The average Bonchev–Trinajstić information content (AvgIpc) is 2.86. The predicted molar refractivity (Wildman–Crippen MR) is 134 cm³/mol. The molecule has 1 atom stereocenters. The SMILES string of the molecule is CCC(C)Nc1ccc(NC(=O)C2CCC(C(=O)C(C)(CC)CC)CC2)c(C(O)(C(F)(F)F)C(F)(F)F)c1. The molecule has 1 saturated carbocycles. The van der Waals surface area contributed by atoms with Crippen LogP contribution >= 0.6 is 0 Å². The number of aliphatic hydroxyl groups is 1. The van der Waals surface area contributed by atoms with Gasteiger partial charge < -0.3 is 15.7 Å². The number of hydrogen-bond donors (Lipinski definition) is 3. The van der Waals surface area contributed by atoms with Crippen LogP contribution in [0.3, 0.4) is 0 Å². The highest BCUT2D eigenvalue weighted by atomic mass is 19.4. The molecule has 1 aromatic carbocycles.